The molecule has 0 aliphatic heterocycles. The quantitative estimate of drug-likeness (QED) is 0.939. The Morgan fingerprint density at radius 1 is 1.05 bits per heavy atom. The van der Waals surface area contributed by atoms with E-state index in [0.717, 1.165) is 30.5 Å². The van der Waals surface area contributed by atoms with Crippen molar-refractivity contribution in [1.82, 2.24) is 4.98 Å². The van der Waals surface area contributed by atoms with Crippen LogP contribution in [0.15, 0.2) is 52.5 Å². The van der Waals surface area contributed by atoms with Crippen molar-refractivity contribution in [2.75, 3.05) is 5.73 Å². The Morgan fingerprint density at radius 2 is 1.67 bits per heavy atom. The summed E-state index contributed by atoms with van der Waals surface area (Å²) >= 11 is 0. The molecule has 0 saturated carbocycles. The van der Waals surface area contributed by atoms with Crippen molar-refractivity contribution in [3.05, 3.63) is 42.7 Å². The molecule has 1 aromatic carbocycles. The van der Waals surface area contributed by atoms with E-state index in [2.05, 4.69) is 9.72 Å². The molecule has 21 heavy (non-hydrogen) atoms. The minimum atomic E-state index is -4.84. The molecule has 0 radical (unpaired) electrons. The van der Waals surface area contributed by atoms with Crippen LogP contribution in [0.1, 0.15) is 0 Å². The summed E-state index contributed by atoms with van der Waals surface area (Å²) in [4.78, 5) is 3.33. The van der Waals surface area contributed by atoms with E-state index in [1.807, 2.05) is 0 Å². The highest BCUT2D eigenvalue weighted by Gasteiger charge is 2.31. The summed E-state index contributed by atoms with van der Waals surface area (Å²) in [7, 11) is -3.90. The number of alkyl halides is 3. The second kappa shape index (κ2) is 5.24. The van der Waals surface area contributed by atoms with E-state index in [4.69, 9.17) is 5.73 Å². The molecule has 0 atom stereocenters. The van der Waals surface area contributed by atoms with E-state index in [1.54, 1.807) is 0 Å². The number of sulfone groups is 1. The van der Waals surface area contributed by atoms with Gasteiger partial charge in [0.15, 0.2) is 0 Å². The van der Waals surface area contributed by atoms with Gasteiger partial charge in [0, 0.05) is 12.4 Å². The van der Waals surface area contributed by atoms with Crippen LogP contribution in [-0.2, 0) is 9.84 Å². The lowest BCUT2D eigenvalue weighted by atomic mass is 10.3. The zero-order valence-corrected chi connectivity index (χ0v) is 11.1. The average Bonchev–Trinajstić information content (AvgIpc) is 2.37. The van der Waals surface area contributed by atoms with Crippen molar-refractivity contribution in [1.29, 1.82) is 0 Å². The molecule has 0 fully saturated rings. The Hall–Kier alpha value is -2.29. The van der Waals surface area contributed by atoms with E-state index in [9.17, 15) is 21.6 Å². The molecule has 5 nitrogen and oxygen atoms in total. The van der Waals surface area contributed by atoms with Gasteiger partial charge in [0.25, 0.3) is 0 Å². The van der Waals surface area contributed by atoms with Gasteiger partial charge in [0.05, 0.1) is 15.5 Å². The molecule has 2 N–H and O–H groups in total. The SMILES string of the molecule is Nc1cncc(S(=O)(=O)c2ccc(OC(F)(F)F)cc2)c1. The van der Waals surface area contributed by atoms with E-state index in [1.165, 1.54) is 12.3 Å². The van der Waals surface area contributed by atoms with E-state index < -0.39 is 21.9 Å². The van der Waals surface area contributed by atoms with Crippen LogP contribution >= 0.6 is 0 Å². The molecule has 0 aliphatic carbocycles. The molecule has 1 heterocycles. The lowest BCUT2D eigenvalue weighted by Gasteiger charge is -2.09. The first-order valence-electron chi connectivity index (χ1n) is 5.50. The van der Waals surface area contributed by atoms with Gasteiger partial charge >= 0.3 is 6.36 Å². The molecule has 2 aromatic rings. The third kappa shape index (κ3) is 3.63. The highest BCUT2D eigenvalue weighted by molar-refractivity contribution is 7.91. The summed E-state index contributed by atoms with van der Waals surface area (Å²) < 4.78 is 64.2. The van der Waals surface area contributed by atoms with Gasteiger partial charge in [-0.3, -0.25) is 4.98 Å². The molecule has 0 unspecified atom stereocenters. The van der Waals surface area contributed by atoms with Crippen LogP contribution in [0, 0.1) is 0 Å². The Bertz CT molecular complexity index is 743. The number of benzene rings is 1. The Labute approximate surface area is 118 Å². The number of ether oxygens (including phenoxy) is 1. The van der Waals surface area contributed by atoms with Crippen LogP contribution in [0.5, 0.6) is 5.75 Å². The number of pyridine rings is 1. The first-order valence-corrected chi connectivity index (χ1v) is 6.98. The van der Waals surface area contributed by atoms with Crippen molar-refractivity contribution in [2.24, 2.45) is 0 Å². The summed E-state index contributed by atoms with van der Waals surface area (Å²) in [6, 6.07) is 5.07. The molecule has 0 aliphatic rings. The van der Waals surface area contributed by atoms with E-state index in [0.29, 0.717) is 0 Å². The summed E-state index contributed by atoms with van der Waals surface area (Å²) in [6.07, 6.45) is -2.46. The average molecular weight is 318 g/mol. The highest BCUT2D eigenvalue weighted by atomic mass is 32.2. The molecule has 112 valence electrons. The third-order valence-electron chi connectivity index (χ3n) is 2.41. The summed E-state index contributed by atoms with van der Waals surface area (Å²) in [6.45, 7) is 0. The largest absolute Gasteiger partial charge is 0.573 e. The predicted molar refractivity (Wildman–Crippen MR) is 67.2 cm³/mol. The smallest absolute Gasteiger partial charge is 0.406 e. The number of hydrogen-bond acceptors (Lipinski definition) is 5. The molecule has 9 heteroatoms. The molecule has 0 saturated heterocycles. The van der Waals surface area contributed by atoms with Crippen LogP contribution in [0.3, 0.4) is 0 Å². The van der Waals surface area contributed by atoms with Gasteiger partial charge < -0.3 is 10.5 Å². The summed E-state index contributed by atoms with van der Waals surface area (Å²) in [5.41, 5.74) is 5.62. The van der Waals surface area contributed by atoms with Gasteiger partial charge in [0.2, 0.25) is 9.84 Å². The number of aromatic nitrogens is 1. The van der Waals surface area contributed by atoms with Crippen LogP contribution in [0.4, 0.5) is 18.9 Å². The highest BCUT2D eigenvalue weighted by Crippen LogP contribution is 2.26. The molecular weight excluding hydrogens is 309 g/mol. The maximum Gasteiger partial charge on any atom is 0.573 e. The van der Waals surface area contributed by atoms with Gasteiger partial charge in [-0.05, 0) is 30.3 Å². The fourth-order valence-corrected chi connectivity index (χ4v) is 2.80. The zero-order valence-electron chi connectivity index (χ0n) is 10.3. The van der Waals surface area contributed by atoms with Gasteiger partial charge in [-0.15, -0.1) is 13.2 Å². The Kier molecular flexibility index (Phi) is 3.77. The Balaban J connectivity index is 2.34. The monoisotopic (exact) mass is 318 g/mol. The van der Waals surface area contributed by atoms with Crippen molar-refractivity contribution in [3.63, 3.8) is 0 Å². The first-order chi connectivity index (χ1) is 9.68. The maximum atomic E-state index is 12.2. The second-order valence-corrected chi connectivity index (χ2v) is 5.93. The lowest BCUT2D eigenvalue weighted by Crippen LogP contribution is -2.17. The van der Waals surface area contributed by atoms with Crippen LogP contribution in [-0.4, -0.2) is 19.8 Å². The number of nitrogens with zero attached hydrogens (tertiary/aromatic N) is 1. The lowest BCUT2D eigenvalue weighted by molar-refractivity contribution is -0.274. The molecule has 0 spiro atoms. The number of nitrogen functional groups attached to an aromatic ring is 1. The van der Waals surface area contributed by atoms with Crippen molar-refractivity contribution in [2.45, 2.75) is 16.2 Å². The molecule has 0 bridgehead atoms. The van der Waals surface area contributed by atoms with Crippen molar-refractivity contribution >= 4 is 15.5 Å². The molecule has 0 amide bonds. The normalized spacial score (nSPS) is 12.1. The zero-order chi connectivity index (χ0) is 15.7. The maximum absolute atomic E-state index is 12.2. The second-order valence-electron chi connectivity index (χ2n) is 3.98. The number of rotatable bonds is 3. The van der Waals surface area contributed by atoms with Gasteiger partial charge in [-0.1, -0.05) is 0 Å². The van der Waals surface area contributed by atoms with E-state index >= 15 is 0 Å². The minimum Gasteiger partial charge on any atom is -0.406 e. The predicted octanol–water partition coefficient (Wildman–Crippen LogP) is 2.40. The standard InChI is InChI=1S/C12H9F3N2O3S/c13-12(14,15)20-9-1-3-10(4-2-9)21(18,19)11-5-8(16)6-17-7-11/h1-7H,16H2. The molecular formula is C12H9F3N2O3S. The summed E-state index contributed by atoms with van der Waals surface area (Å²) in [5.74, 6) is -0.507. The molecule has 2 rings (SSSR count). The third-order valence-corrected chi connectivity index (χ3v) is 4.15. The topological polar surface area (TPSA) is 82.3 Å². The number of anilines is 1. The minimum absolute atomic E-state index is 0.146. The van der Waals surface area contributed by atoms with Crippen LogP contribution in [0.25, 0.3) is 0 Å². The van der Waals surface area contributed by atoms with Gasteiger partial charge in [0.1, 0.15) is 5.75 Å². The first kappa shape index (κ1) is 15.1. The summed E-state index contributed by atoms with van der Waals surface area (Å²) in [5, 5.41) is 0. The van der Waals surface area contributed by atoms with Crippen LogP contribution in [0.2, 0.25) is 0 Å². The number of halogens is 3. The fourth-order valence-electron chi connectivity index (χ4n) is 1.54. The Morgan fingerprint density at radius 3 is 2.19 bits per heavy atom. The fraction of sp³-hybridized carbons (Fsp3) is 0.0833. The van der Waals surface area contributed by atoms with Gasteiger partial charge in [-0.2, -0.15) is 0 Å². The van der Waals surface area contributed by atoms with Crippen LogP contribution < -0.4 is 10.5 Å². The number of nitrogens with two attached hydrogens (primary N) is 1. The van der Waals surface area contributed by atoms with E-state index in [-0.39, 0.29) is 15.5 Å². The van der Waals surface area contributed by atoms with Gasteiger partial charge in [-0.25, -0.2) is 8.42 Å². The number of hydrogen-bond donors (Lipinski definition) is 1. The van der Waals surface area contributed by atoms with Crippen molar-refractivity contribution in [3.8, 4) is 5.75 Å². The molecule has 1 aromatic heterocycles. The van der Waals surface area contributed by atoms with Crippen molar-refractivity contribution < 1.29 is 26.3 Å².